The third-order valence-electron chi connectivity index (χ3n) is 4.41. The molecule has 3 rings (SSSR count). The summed E-state index contributed by atoms with van der Waals surface area (Å²) in [6, 6.07) is 19.0. The van der Waals surface area contributed by atoms with E-state index < -0.39 is 0 Å². The van der Waals surface area contributed by atoms with Crippen LogP contribution >= 0.6 is 0 Å². The second-order valence-corrected chi connectivity index (χ2v) is 6.04. The second kappa shape index (κ2) is 8.00. The highest BCUT2D eigenvalue weighted by molar-refractivity contribution is 5.36. The highest BCUT2D eigenvalue weighted by Gasteiger charge is 2.17. The van der Waals surface area contributed by atoms with Crippen LogP contribution in [0, 0.1) is 0 Å². The number of hydrogen-bond donors (Lipinski definition) is 1. The molecule has 0 atom stereocenters. The molecule has 2 nitrogen and oxygen atoms in total. The lowest BCUT2D eigenvalue weighted by atomic mass is 9.88. The summed E-state index contributed by atoms with van der Waals surface area (Å²) in [4.78, 5) is 0. The summed E-state index contributed by atoms with van der Waals surface area (Å²) in [7, 11) is 0. The molecule has 1 saturated heterocycles. The normalized spacial score (nSPS) is 16.7. The largest absolute Gasteiger partial charge is 0.489 e. The molecular weight excluding hydrogens is 270 g/mol. The monoisotopic (exact) mass is 295 g/mol. The second-order valence-electron chi connectivity index (χ2n) is 6.04. The highest BCUT2D eigenvalue weighted by Crippen LogP contribution is 2.34. The van der Waals surface area contributed by atoms with Crippen molar-refractivity contribution in [1.82, 2.24) is 5.32 Å². The van der Waals surface area contributed by atoms with Crippen molar-refractivity contribution in [2.24, 2.45) is 0 Å². The standard InChI is InChI=1S/C20H25NO/c1-2-8-17(9-3-1)16-22-20-13-5-4-12-19(20)18-10-6-14-21-15-7-11-18/h1-5,8-9,12-13,18,21H,6-7,10-11,14-16H2. The molecule has 1 heterocycles. The van der Waals surface area contributed by atoms with Gasteiger partial charge in [-0.1, -0.05) is 48.5 Å². The fourth-order valence-electron chi connectivity index (χ4n) is 3.21. The van der Waals surface area contributed by atoms with Crippen molar-refractivity contribution >= 4 is 0 Å². The van der Waals surface area contributed by atoms with Crippen LogP contribution in [-0.4, -0.2) is 13.1 Å². The Labute approximate surface area is 133 Å². The summed E-state index contributed by atoms with van der Waals surface area (Å²) in [6.45, 7) is 2.93. The number of para-hydroxylation sites is 1. The first kappa shape index (κ1) is 15.1. The Balaban J connectivity index is 1.71. The Bertz CT molecular complexity index is 559. The smallest absolute Gasteiger partial charge is 0.123 e. The van der Waals surface area contributed by atoms with Gasteiger partial charge >= 0.3 is 0 Å². The van der Waals surface area contributed by atoms with Crippen LogP contribution < -0.4 is 10.1 Å². The molecule has 1 N–H and O–H groups in total. The van der Waals surface area contributed by atoms with Gasteiger partial charge in [0.1, 0.15) is 12.4 Å². The topological polar surface area (TPSA) is 21.3 Å². The zero-order valence-corrected chi connectivity index (χ0v) is 13.1. The van der Waals surface area contributed by atoms with Crippen molar-refractivity contribution in [2.45, 2.75) is 38.2 Å². The molecule has 1 fully saturated rings. The third kappa shape index (κ3) is 4.11. The van der Waals surface area contributed by atoms with Crippen LogP contribution in [0.3, 0.4) is 0 Å². The van der Waals surface area contributed by atoms with Crippen LogP contribution in [0.1, 0.15) is 42.7 Å². The Morgan fingerprint density at radius 1 is 0.864 bits per heavy atom. The van der Waals surface area contributed by atoms with Crippen molar-refractivity contribution in [1.29, 1.82) is 0 Å². The molecule has 0 unspecified atom stereocenters. The van der Waals surface area contributed by atoms with Gasteiger partial charge in [0.15, 0.2) is 0 Å². The number of ether oxygens (including phenoxy) is 1. The minimum Gasteiger partial charge on any atom is -0.489 e. The third-order valence-corrected chi connectivity index (χ3v) is 4.41. The van der Waals surface area contributed by atoms with Crippen LogP contribution in [-0.2, 0) is 6.61 Å². The van der Waals surface area contributed by atoms with Gasteiger partial charge in [-0.15, -0.1) is 0 Å². The van der Waals surface area contributed by atoms with Gasteiger partial charge in [0, 0.05) is 0 Å². The van der Waals surface area contributed by atoms with Crippen molar-refractivity contribution in [2.75, 3.05) is 13.1 Å². The number of benzene rings is 2. The first-order chi connectivity index (χ1) is 10.9. The minimum atomic E-state index is 0.633. The maximum atomic E-state index is 6.13. The Hall–Kier alpha value is -1.80. The maximum Gasteiger partial charge on any atom is 0.123 e. The Morgan fingerprint density at radius 3 is 2.32 bits per heavy atom. The molecule has 0 amide bonds. The van der Waals surface area contributed by atoms with E-state index in [1.165, 1.54) is 36.8 Å². The van der Waals surface area contributed by atoms with Crippen LogP contribution in [0.15, 0.2) is 54.6 Å². The lowest BCUT2D eigenvalue weighted by molar-refractivity contribution is 0.298. The van der Waals surface area contributed by atoms with E-state index in [0.717, 1.165) is 18.8 Å². The number of nitrogens with one attached hydrogen (secondary N) is 1. The zero-order chi connectivity index (χ0) is 15.0. The minimum absolute atomic E-state index is 0.633. The maximum absolute atomic E-state index is 6.13. The summed E-state index contributed by atoms with van der Waals surface area (Å²) in [5.41, 5.74) is 2.61. The van der Waals surface area contributed by atoms with Crippen molar-refractivity contribution in [3.63, 3.8) is 0 Å². The SMILES string of the molecule is c1ccc(COc2ccccc2C2CCCNCCC2)cc1. The van der Waals surface area contributed by atoms with Gasteiger partial charge in [0.2, 0.25) is 0 Å². The summed E-state index contributed by atoms with van der Waals surface area (Å²) in [5.74, 6) is 1.69. The molecule has 2 aromatic rings. The summed E-state index contributed by atoms with van der Waals surface area (Å²) < 4.78 is 6.13. The van der Waals surface area contributed by atoms with Crippen molar-refractivity contribution < 1.29 is 4.74 Å². The molecule has 1 aliphatic heterocycles. The van der Waals surface area contributed by atoms with Gasteiger partial charge < -0.3 is 10.1 Å². The molecule has 0 aromatic heterocycles. The Morgan fingerprint density at radius 2 is 1.55 bits per heavy atom. The summed E-state index contributed by atoms with van der Waals surface area (Å²) in [5, 5.41) is 3.49. The fourth-order valence-corrected chi connectivity index (χ4v) is 3.21. The van der Waals surface area contributed by atoms with Gasteiger partial charge in [0.25, 0.3) is 0 Å². The van der Waals surface area contributed by atoms with E-state index in [0.29, 0.717) is 12.5 Å². The lowest BCUT2D eigenvalue weighted by Crippen LogP contribution is -2.21. The van der Waals surface area contributed by atoms with E-state index in [1.807, 2.05) is 6.07 Å². The number of rotatable bonds is 4. The molecule has 2 heteroatoms. The fraction of sp³-hybridized carbons (Fsp3) is 0.400. The highest BCUT2D eigenvalue weighted by atomic mass is 16.5. The first-order valence-corrected chi connectivity index (χ1v) is 8.40. The van der Waals surface area contributed by atoms with Crippen LogP contribution in [0.25, 0.3) is 0 Å². The number of hydrogen-bond acceptors (Lipinski definition) is 2. The lowest BCUT2D eigenvalue weighted by Gasteiger charge is -2.23. The van der Waals surface area contributed by atoms with Crippen molar-refractivity contribution in [3.8, 4) is 5.75 Å². The summed E-state index contributed by atoms with van der Waals surface area (Å²) >= 11 is 0. The molecule has 1 aliphatic rings. The zero-order valence-electron chi connectivity index (χ0n) is 13.1. The van der Waals surface area contributed by atoms with Crippen LogP contribution in [0.5, 0.6) is 5.75 Å². The van der Waals surface area contributed by atoms with Crippen LogP contribution in [0.4, 0.5) is 0 Å². The molecule has 0 aliphatic carbocycles. The van der Waals surface area contributed by atoms with E-state index in [2.05, 4.69) is 53.8 Å². The molecule has 0 bridgehead atoms. The summed E-state index contributed by atoms with van der Waals surface area (Å²) in [6.07, 6.45) is 4.99. The van der Waals surface area contributed by atoms with Gasteiger partial charge in [-0.2, -0.15) is 0 Å². The average Bonchev–Trinajstić information content (AvgIpc) is 2.54. The molecule has 116 valence electrons. The van der Waals surface area contributed by atoms with Gasteiger partial charge in [-0.25, -0.2) is 0 Å². The van der Waals surface area contributed by atoms with Gasteiger partial charge in [-0.3, -0.25) is 0 Å². The van der Waals surface area contributed by atoms with E-state index in [4.69, 9.17) is 4.74 Å². The van der Waals surface area contributed by atoms with Crippen LogP contribution in [0.2, 0.25) is 0 Å². The van der Waals surface area contributed by atoms with Gasteiger partial charge in [0.05, 0.1) is 0 Å². The molecule has 0 radical (unpaired) electrons. The predicted octanol–water partition coefficient (Wildman–Crippen LogP) is 4.51. The Kier molecular flexibility index (Phi) is 5.49. The van der Waals surface area contributed by atoms with E-state index in [1.54, 1.807) is 0 Å². The molecule has 2 aromatic carbocycles. The van der Waals surface area contributed by atoms with Gasteiger partial charge in [-0.05, 0) is 61.9 Å². The quantitative estimate of drug-likeness (QED) is 0.896. The van der Waals surface area contributed by atoms with E-state index in [-0.39, 0.29) is 0 Å². The molecule has 0 spiro atoms. The van der Waals surface area contributed by atoms with E-state index in [9.17, 15) is 0 Å². The molecule has 22 heavy (non-hydrogen) atoms. The predicted molar refractivity (Wildman–Crippen MR) is 91.3 cm³/mol. The average molecular weight is 295 g/mol. The molecule has 0 saturated carbocycles. The van der Waals surface area contributed by atoms with Crippen molar-refractivity contribution in [3.05, 3.63) is 65.7 Å². The van der Waals surface area contributed by atoms with E-state index >= 15 is 0 Å². The first-order valence-electron chi connectivity index (χ1n) is 8.40. The molecular formula is C20H25NO.